The van der Waals surface area contributed by atoms with Crippen molar-refractivity contribution in [3.05, 3.63) is 127 Å². The van der Waals surface area contributed by atoms with Crippen molar-refractivity contribution in [3.8, 4) is 11.4 Å². The molecule has 5 heterocycles. The van der Waals surface area contributed by atoms with Crippen molar-refractivity contribution in [2.45, 2.75) is 102 Å². The Balaban J connectivity index is 0.00000387. The number of hydrogen-bond acceptors (Lipinski definition) is 14. The number of carbonyl (C=O) groups excluding carboxylic acids is 8. The number of amides is 7. The van der Waals surface area contributed by atoms with E-state index in [1.54, 1.807) is 67.6 Å². The van der Waals surface area contributed by atoms with Gasteiger partial charge in [-0.2, -0.15) is 12.6 Å². The van der Waals surface area contributed by atoms with E-state index in [0.717, 1.165) is 32.5 Å². The van der Waals surface area contributed by atoms with Gasteiger partial charge in [0.25, 0.3) is 5.56 Å². The lowest BCUT2D eigenvalue weighted by Crippen LogP contribution is -2.52. The van der Waals surface area contributed by atoms with Crippen molar-refractivity contribution in [2.24, 2.45) is 0 Å². The monoisotopic (exact) mass is 1070 g/mol. The molecule has 0 spiro atoms. The summed E-state index contributed by atoms with van der Waals surface area (Å²) in [7, 11) is 0. The first kappa shape index (κ1) is 55.4. The number of thiol groups is 1. The topological polar surface area (TPSA) is 274 Å². The fraction of sp³-hybridized carbons (Fsp3) is 0.382. The Morgan fingerprint density at radius 3 is 2.29 bits per heavy atom. The molecule has 1 saturated heterocycles. The van der Waals surface area contributed by atoms with Gasteiger partial charge in [0.05, 0.1) is 66.2 Å². The zero-order chi connectivity index (χ0) is 55.3. The van der Waals surface area contributed by atoms with Gasteiger partial charge in [0.2, 0.25) is 41.4 Å². The van der Waals surface area contributed by atoms with Crippen LogP contribution in [0.25, 0.3) is 22.3 Å². The third-order valence-corrected chi connectivity index (χ3v) is 14.5. The van der Waals surface area contributed by atoms with Crippen molar-refractivity contribution in [2.75, 3.05) is 37.9 Å². The van der Waals surface area contributed by atoms with Crippen LogP contribution in [-0.4, -0.2) is 106 Å². The molecule has 6 N–H and O–H groups in total. The standard InChI is InChI=1S/C53H53FN8O12S.C2H6/c1-27-31-14-15-53(2,46-33-23-61-38(47(33)60-36(45(31)46)18-35(27)54)17-32-34(50(61)70)24-74-52(72)48(32)68)25-73-26-58-42(65)21-57-49(69)37(16-29-6-4-3-5-7-29)59-43(66)22-56-41(64)20-55-40(63)13-10-28-8-11-30(12-9-28)62-44(67)19-39(75)51(62)71;1-2/h3-9,11-12,17-18,37,39,48,68,75H,10,13-16,19-26H2,1-2H3,(H,55,63)(H,56,64)(H,57,69)(H,58,65)(H,59,66);1-2H3. The van der Waals surface area contributed by atoms with Crippen LogP contribution in [0.2, 0.25) is 0 Å². The Labute approximate surface area is 447 Å². The van der Waals surface area contributed by atoms with E-state index in [2.05, 4.69) is 39.2 Å². The molecule has 0 bridgehead atoms. The summed E-state index contributed by atoms with van der Waals surface area (Å²) in [5.74, 6) is -5.09. The molecule has 5 aromatic rings. The summed E-state index contributed by atoms with van der Waals surface area (Å²) in [4.78, 5) is 121. The van der Waals surface area contributed by atoms with Crippen molar-refractivity contribution in [1.29, 1.82) is 0 Å². The molecular weight excluding hydrogens is 1020 g/mol. The zero-order valence-corrected chi connectivity index (χ0v) is 43.8. The third-order valence-electron chi connectivity index (χ3n) is 14.1. The normalized spacial score (nSPS) is 18.2. The van der Waals surface area contributed by atoms with E-state index in [1.165, 1.54) is 10.6 Å². The van der Waals surface area contributed by atoms with Crippen LogP contribution in [0.3, 0.4) is 0 Å². The number of ether oxygens (including phenoxy) is 2. The molecule has 1 aliphatic carbocycles. The summed E-state index contributed by atoms with van der Waals surface area (Å²) in [5.41, 5.74) is 5.02. The van der Waals surface area contributed by atoms with E-state index in [0.29, 0.717) is 53.0 Å². The molecule has 2 aromatic heterocycles. The predicted octanol–water partition coefficient (Wildman–Crippen LogP) is 2.55. The molecule has 0 radical (unpaired) electrons. The number of pyridine rings is 2. The molecule has 4 atom stereocenters. The van der Waals surface area contributed by atoms with E-state index in [1.807, 2.05) is 20.8 Å². The number of aryl methyl sites for hydroxylation is 2. The van der Waals surface area contributed by atoms with Crippen LogP contribution >= 0.6 is 12.6 Å². The number of hydrogen-bond donors (Lipinski definition) is 7. The number of fused-ring (bicyclic) bond motifs is 5. The summed E-state index contributed by atoms with van der Waals surface area (Å²) < 4.78 is 28.1. The molecule has 3 aromatic carbocycles. The Morgan fingerprint density at radius 2 is 1.57 bits per heavy atom. The first-order chi connectivity index (χ1) is 36.9. The summed E-state index contributed by atoms with van der Waals surface area (Å²) in [6, 6.07) is 17.2. The highest BCUT2D eigenvalue weighted by atomic mass is 32.1. The van der Waals surface area contributed by atoms with Gasteiger partial charge in [-0.1, -0.05) is 63.2 Å². The molecule has 20 nitrogen and oxygen atoms in total. The minimum Gasteiger partial charge on any atom is -0.458 e. The van der Waals surface area contributed by atoms with Crippen LogP contribution in [0.1, 0.15) is 90.6 Å². The Bertz CT molecular complexity index is 3260. The van der Waals surface area contributed by atoms with Crippen LogP contribution < -0.4 is 37.0 Å². The number of anilines is 1. The Kier molecular flexibility index (Phi) is 17.0. The van der Waals surface area contributed by atoms with Crippen molar-refractivity contribution >= 4 is 76.5 Å². The Hall–Kier alpha value is -7.82. The number of aliphatic hydroxyl groups excluding tert-OH is 1. The van der Waals surface area contributed by atoms with Gasteiger partial charge in [0, 0.05) is 47.3 Å². The number of cyclic esters (lactones) is 1. The molecule has 4 unspecified atom stereocenters. The number of carbonyl (C=O) groups is 8. The van der Waals surface area contributed by atoms with E-state index in [-0.39, 0.29) is 62.8 Å². The van der Waals surface area contributed by atoms with E-state index >= 15 is 4.39 Å². The maximum atomic E-state index is 15.4. The lowest BCUT2D eigenvalue weighted by atomic mass is 9.69. The number of aromatic nitrogens is 2. The molecule has 1 fully saturated rings. The summed E-state index contributed by atoms with van der Waals surface area (Å²) in [6.45, 7) is 5.96. The molecule has 4 aliphatic rings. The number of esters is 1. The number of nitrogens with one attached hydrogen (secondary N) is 5. The highest BCUT2D eigenvalue weighted by Crippen LogP contribution is 2.48. The molecule has 22 heteroatoms. The quantitative estimate of drug-likeness (QED) is 0.0215. The second kappa shape index (κ2) is 23.6. The van der Waals surface area contributed by atoms with E-state index in [9.17, 15) is 48.3 Å². The molecule has 9 rings (SSSR count). The molecule has 77 heavy (non-hydrogen) atoms. The Morgan fingerprint density at radius 1 is 0.883 bits per heavy atom. The van der Waals surface area contributed by atoms with Crippen LogP contribution in [-0.2, 0) is 85.7 Å². The predicted molar refractivity (Wildman–Crippen MR) is 282 cm³/mol. The van der Waals surface area contributed by atoms with Crippen LogP contribution in [0.4, 0.5) is 10.1 Å². The van der Waals surface area contributed by atoms with Gasteiger partial charge < -0.3 is 45.7 Å². The fourth-order valence-electron chi connectivity index (χ4n) is 10.1. The van der Waals surface area contributed by atoms with Gasteiger partial charge in [-0.3, -0.25) is 38.4 Å². The molecule has 7 amide bonds. The molecule has 404 valence electrons. The van der Waals surface area contributed by atoms with Gasteiger partial charge >= 0.3 is 5.97 Å². The average molecular weight is 1080 g/mol. The third kappa shape index (κ3) is 11.8. The maximum absolute atomic E-state index is 15.4. The molecule has 0 saturated carbocycles. The maximum Gasteiger partial charge on any atom is 0.340 e. The number of halogens is 1. The first-order valence-corrected chi connectivity index (χ1v) is 25.8. The van der Waals surface area contributed by atoms with Crippen LogP contribution in [0.15, 0.2) is 71.5 Å². The van der Waals surface area contributed by atoms with E-state index in [4.69, 9.17) is 14.5 Å². The number of rotatable bonds is 18. The fourth-order valence-corrected chi connectivity index (χ4v) is 10.4. The van der Waals surface area contributed by atoms with Gasteiger partial charge in [-0.15, -0.1) is 0 Å². The van der Waals surface area contributed by atoms with Crippen LogP contribution in [0.5, 0.6) is 0 Å². The summed E-state index contributed by atoms with van der Waals surface area (Å²) in [5, 5.41) is 23.4. The minimum atomic E-state index is -1.65. The van der Waals surface area contributed by atoms with Gasteiger partial charge in [-0.05, 0) is 72.2 Å². The number of aliphatic hydroxyl groups is 1. The van der Waals surface area contributed by atoms with Crippen molar-refractivity contribution < 1.29 is 57.3 Å². The summed E-state index contributed by atoms with van der Waals surface area (Å²) >= 11 is 4.14. The second-order valence-electron chi connectivity index (χ2n) is 19.2. The highest BCUT2D eigenvalue weighted by molar-refractivity contribution is 7.82. The highest BCUT2D eigenvalue weighted by Gasteiger charge is 2.42. The largest absolute Gasteiger partial charge is 0.458 e. The smallest absolute Gasteiger partial charge is 0.340 e. The second-order valence-corrected chi connectivity index (χ2v) is 19.8. The van der Waals surface area contributed by atoms with Gasteiger partial charge in [0.1, 0.15) is 25.2 Å². The SMILES string of the molecule is CC.Cc1c(F)cc2nc3c(c4c2c1CCC4(C)COCNC(=O)CNC(=O)C(Cc1ccccc1)NC(=O)CNC(=O)CNC(=O)CCc1ccc(N2C(=O)CC(S)C2=O)cc1)Cn1c-3cc2c(c1=O)COC(=O)C2O. The van der Waals surface area contributed by atoms with Crippen molar-refractivity contribution in [3.63, 3.8) is 0 Å². The number of nitrogens with zero attached hydrogens (tertiary/aromatic N) is 3. The van der Waals surface area contributed by atoms with Gasteiger partial charge in [-0.25, -0.2) is 19.1 Å². The first-order valence-electron chi connectivity index (χ1n) is 25.3. The minimum absolute atomic E-state index is 0.0211. The van der Waals surface area contributed by atoms with Crippen molar-refractivity contribution in [1.82, 2.24) is 36.1 Å². The molecular formula is C55H59FN8O12S. The zero-order valence-electron chi connectivity index (χ0n) is 42.9. The average Bonchev–Trinajstić information content (AvgIpc) is 4.05. The number of benzene rings is 3. The summed E-state index contributed by atoms with van der Waals surface area (Å²) in [6.07, 6.45) is -0.211. The molecule has 3 aliphatic heterocycles. The lowest BCUT2D eigenvalue weighted by Gasteiger charge is -2.37. The lowest BCUT2D eigenvalue weighted by molar-refractivity contribution is -0.157. The number of imide groups is 1. The van der Waals surface area contributed by atoms with Gasteiger partial charge in [0.15, 0.2) is 6.10 Å². The van der Waals surface area contributed by atoms with Crippen LogP contribution in [0, 0.1) is 12.7 Å². The van der Waals surface area contributed by atoms with E-state index < -0.39 is 95.2 Å².